The Labute approximate surface area is 125 Å². The van der Waals surface area contributed by atoms with Gasteiger partial charge in [-0.25, -0.2) is 0 Å². The quantitative estimate of drug-likeness (QED) is 0.855. The zero-order valence-corrected chi connectivity index (χ0v) is 12.6. The van der Waals surface area contributed by atoms with Gasteiger partial charge >= 0.3 is 0 Å². The van der Waals surface area contributed by atoms with E-state index in [1.165, 1.54) is 0 Å². The van der Waals surface area contributed by atoms with E-state index < -0.39 is 0 Å². The van der Waals surface area contributed by atoms with Crippen LogP contribution in [0.4, 0.5) is 11.4 Å². The first kappa shape index (κ1) is 15.0. The molecule has 0 saturated carbocycles. The van der Waals surface area contributed by atoms with Crippen LogP contribution in [-0.4, -0.2) is 30.8 Å². The topological polar surface area (TPSA) is 57.6 Å². The van der Waals surface area contributed by atoms with Gasteiger partial charge in [0.15, 0.2) is 11.5 Å². The normalized spacial score (nSPS) is 10.2. The van der Waals surface area contributed by atoms with E-state index in [1.807, 2.05) is 44.1 Å². The molecule has 21 heavy (non-hydrogen) atoms. The summed E-state index contributed by atoms with van der Waals surface area (Å²) in [7, 11) is 3.99. The molecule has 5 nitrogen and oxygen atoms in total. The van der Waals surface area contributed by atoms with Crippen molar-refractivity contribution in [2.45, 2.75) is 13.5 Å². The minimum absolute atomic E-state index is 0.163. The van der Waals surface area contributed by atoms with Gasteiger partial charge in [0.05, 0.1) is 24.2 Å². The summed E-state index contributed by atoms with van der Waals surface area (Å²) in [5.74, 6) is 0.673. The minimum Gasteiger partial charge on any atom is -0.504 e. The molecule has 0 aliphatic rings. The SMILES string of the molecule is CCOc1cc(CNc2cnccc2N(C)C)ccc1O. The molecule has 1 heterocycles. The van der Waals surface area contributed by atoms with Crippen LogP contribution in [0.3, 0.4) is 0 Å². The van der Waals surface area contributed by atoms with Crippen LogP contribution >= 0.6 is 0 Å². The number of aromatic hydroxyl groups is 1. The van der Waals surface area contributed by atoms with Gasteiger partial charge in [-0.05, 0) is 30.7 Å². The Bertz CT molecular complexity index is 600. The standard InChI is InChI=1S/C16H21N3O2/c1-4-21-16-9-12(5-6-15(16)20)10-18-13-11-17-8-7-14(13)19(2)3/h5-9,11,18,20H,4,10H2,1-3H3. The van der Waals surface area contributed by atoms with Crippen molar-refractivity contribution in [3.05, 3.63) is 42.2 Å². The van der Waals surface area contributed by atoms with Gasteiger partial charge in [-0.15, -0.1) is 0 Å². The van der Waals surface area contributed by atoms with Gasteiger partial charge in [0, 0.05) is 26.8 Å². The van der Waals surface area contributed by atoms with Gasteiger partial charge in [-0.2, -0.15) is 0 Å². The van der Waals surface area contributed by atoms with Crippen LogP contribution in [0.25, 0.3) is 0 Å². The molecule has 0 saturated heterocycles. The Morgan fingerprint density at radius 1 is 1.29 bits per heavy atom. The Morgan fingerprint density at radius 2 is 2.10 bits per heavy atom. The molecule has 0 amide bonds. The van der Waals surface area contributed by atoms with E-state index in [4.69, 9.17) is 4.74 Å². The molecule has 0 spiro atoms. The first-order valence-electron chi connectivity index (χ1n) is 6.91. The summed E-state index contributed by atoms with van der Waals surface area (Å²) >= 11 is 0. The van der Waals surface area contributed by atoms with E-state index in [2.05, 4.69) is 10.3 Å². The molecule has 0 atom stereocenters. The maximum Gasteiger partial charge on any atom is 0.161 e. The zero-order valence-electron chi connectivity index (χ0n) is 12.6. The smallest absolute Gasteiger partial charge is 0.161 e. The third-order valence-electron chi connectivity index (χ3n) is 3.09. The van der Waals surface area contributed by atoms with Crippen LogP contribution < -0.4 is 15.0 Å². The number of nitrogens with zero attached hydrogens (tertiary/aromatic N) is 2. The number of rotatable bonds is 6. The maximum atomic E-state index is 9.71. The number of nitrogens with one attached hydrogen (secondary N) is 1. The second-order valence-corrected chi connectivity index (χ2v) is 4.88. The van der Waals surface area contributed by atoms with Gasteiger partial charge in [0.2, 0.25) is 0 Å². The summed E-state index contributed by atoms with van der Waals surface area (Å²) in [5, 5.41) is 13.1. The molecule has 5 heteroatoms. The summed E-state index contributed by atoms with van der Waals surface area (Å²) in [6, 6.07) is 7.33. The zero-order chi connectivity index (χ0) is 15.2. The second-order valence-electron chi connectivity index (χ2n) is 4.88. The number of aromatic nitrogens is 1. The molecular weight excluding hydrogens is 266 g/mol. The van der Waals surface area contributed by atoms with Crippen molar-refractivity contribution in [1.82, 2.24) is 4.98 Å². The largest absolute Gasteiger partial charge is 0.504 e. The summed E-state index contributed by atoms with van der Waals surface area (Å²) in [4.78, 5) is 6.18. The molecule has 1 aromatic carbocycles. The summed E-state index contributed by atoms with van der Waals surface area (Å²) in [6.07, 6.45) is 3.58. The third-order valence-corrected chi connectivity index (χ3v) is 3.09. The van der Waals surface area contributed by atoms with Gasteiger partial charge in [0.1, 0.15) is 0 Å². The number of benzene rings is 1. The van der Waals surface area contributed by atoms with Crippen molar-refractivity contribution < 1.29 is 9.84 Å². The fraction of sp³-hybridized carbons (Fsp3) is 0.312. The van der Waals surface area contributed by atoms with Crippen molar-refractivity contribution in [1.29, 1.82) is 0 Å². The van der Waals surface area contributed by atoms with Gasteiger partial charge in [-0.1, -0.05) is 6.07 Å². The van der Waals surface area contributed by atoms with Crippen LogP contribution in [-0.2, 0) is 6.54 Å². The highest BCUT2D eigenvalue weighted by molar-refractivity contribution is 5.68. The first-order valence-corrected chi connectivity index (χ1v) is 6.91. The van der Waals surface area contributed by atoms with Gasteiger partial charge in [0.25, 0.3) is 0 Å². The van der Waals surface area contributed by atoms with E-state index in [-0.39, 0.29) is 5.75 Å². The van der Waals surface area contributed by atoms with E-state index in [1.54, 1.807) is 18.5 Å². The van der Waals surface area contributed by atoms with Crippen molar-refractivity contribution in [2.24, 2.45) is 0 Å². The molecule has 2 aromatic rings. The van der Waals surface area contributed by atoms with Crippen molar-refractivity contribution >= 4 is 11.4 Å². The first-order chi connectivity index (χ1) is 10.1. The summed E-state index contributed by atoms with van der Waals surface area (Å²) < 4.78 is 5.39. The molecule has 2 rings (SSSR count). The predicted molar refractivity (Wildman–Crippen MR) is 85.2 cm³/mol. The van der Waals surface area contributed by atoms with Crippen molar-refractivity contribution in [3.8, 4) is 11.5 Å². The number of pyridine rings is 1. The summed E-state index contributed by atoms with van der Waals surface area (Å²) in [5.41, 5.74) is 3.08. The van der Waals surface area contributed by atoms with Crippen LogP contribution in [0.2, 0.25) is 0 Å². The second kappa shape index (κ2) is 6.83. The highest BCUT2D eigenvalue weighted by Gasteiger charge is 2.06. The molecule has 2 N–H and O–H groups in total. The van der Waals surface area contributed by atoms with E-state index in [0.717, 1.165) is 16.9 Å². The van der Waals surface area contributed by atoms with Crippen LogP contribution in [0.5, 0.6) is 11.5 Å². The molecule has 0 radical (unpaired) electrons. The molecule has 0 aliphatic carbocycles. The number of phenols is 1. The third kappa shape index (κ3) is 3.78. The number of anilines is 2. The lowest BCUT2D eigenvalue weighted by Gasteiger charge is -2.18. The van der Waals surface area contributed by atoms with Gasteiger partial charge < -0.3 is 20.1 Å². The predicted octanol–water partition coefficient (Wildman–Crippen LogP) is 2.86. The highest BCUT2D eigenvalue weighted by atomic mass is 16.5. The van der Waals surface area contributed by atoms with E-state index >= 15 is 0 Å². The fourth-order valence-electron chi connectivity index (χ4n) is 2.05. The lowest BCUT2D eigenvalue weighted by Crippen LogP contribution is -2.12. The van der Waals surface area contributed by atoms with Crippen molar-refractivity contribution in [2.75, 3.05) is 30.9 Å². The molecule has 0 bridgehead atoms. The highest BCUT2D eigenvalue weighted by Crippen LogP contribution is 2.28. The Balaban J connectivity index is 2.11. The summed E-state index contributed by atoms with van der Waals surface area (Å²) in [6.45, 7) is 3.05. The average molecular weight is 287 g/mol. The fourth-order valence-corrected chi connectivity index (χ4v) is 2.05. The van der Waals surface area contributed by atoms with E-state index in [9.17, 15) is 5.11 Å². The number of phenolic OH excluding ortho intramolecular Hbond substituents is 1. The Morgan fingerprint density at radius 3 is 2.81 bits per heavy atom. The van der Waals surface area contributed by atoms with E-state index in [0.29, 0.717) is 18.9 Å². The van der Waals surface area contributed by atoms with Crippen LogP contribution in [0.15, 0.2) is 36.7 Å². The lowest BCUT2D eigenvalue weighted by molar-refractivity contribution is 0.318. The molecule has 1 aromatic heterocycles. The van der Waals surface area contributed by atoms with Crippen LogP contribution in [0, 0.1) is 0 Å². The molecule has 112 valence electrons. The lowest BCUT2D eigenvalue weighted by atomic mass is 10.2. The van der Waals surface area contributed by atoms with Crippen LogP contribution in [0.1, 0.15) is 12.5 Å². The minimum atomic E-state index is 0.163. The molecular formula is C16H21N3O2. The number of hydrogen-bond acceptors (Lipinski definition) is 5. The molecule has 0 unspecified atom stereocenters. The Kier molecular flexibility index (Phi) is 4.87. The number of ether oxygens (including phenoxy) is 1. The van der Waals surface area contributed by atoms with Crippen molar-refractivity contribution in [3.63, 3.8) is 0 Å². The Hall–Kier alpha value is -2.43. The molecule has 0 aliphatic heterocycles. The number of hydrogen-bond donors (Lipinski definition) is 2. The average Bonchev–Trinajstić information content (AvgIpc) is 2.48. The maximum absolute atomic E-state index is 9.71. The monoisotopic (exact) mass is 287 g/mol. The van der Waals surface area contributed by atoms with Gasteiger partial charge in [-0.3, -0.25) is 4.98 Å². The molecule has 0 fully saturated rings.